The highest BCUT2D eigenvalue weighted by atomic mass is 16.5. The number of carbonyl (C=O) groups excluding carboxylic acids is 1. The van der Waals surface area contributed by atoms with Gasteiger partial charge in [0.2, 0.25) is 0 Å². The number of piperidine rings is 1. The average molecular weight is 323 g/mol. The summed E-state index contributed by atoms with van der Waals surface area (Å²) in [5.74, 6) is 0.843. The average Bonchev–Trinajstić information content (AvgIpc) is 2.62. The van der Waals surface area contributed by atoms with Gasteiger partial charge in [0.05, 0.1) is 12.1 Å². The van der Waals surface area contributed by atoms with E-state index in [0.29, 0.717) is 24.5 Å². The van der Waals surface area contributed by atoms with Crippen molar-refractivity contribution in [1.29, 1.82) is 0 Å². The highest BCUT2D eigenvalue weighted by molar-refractivity contribution is 6.00. The van der Waals surface area contributed by atoms with E-state index in [1.54, 1.807) is 0 Å². The van der Waals surface area contributed by atoms with Gasteiger partial charge in [-0.15, -0.1) is 0 Å². The number of Topliss-reactive ketones (excluding diaryl/α,β-unsaturated/α-hetero) is 1. The fourth-order valence-electron chi connectivity index (χ4n) is 3.13. The Morgan fingerprint density at radius 2 is 1.79 bits per heavy atom. The third-order valence-corrected chi connectivity index (χ3v) is 4.49. The van der Waals surface area contributed by atoms with E-state index in [1.165, 1.54) is 19.3 Å². The molecule has 1 saturated heterocycles. The van der Waals surface area contributed by atoms with E-state index in [2.05, 4.69) is 4.90 Å². The summed E-state index contributed by atoms with van der Waals surface area (Å²) in [6.07, 6.45) is 3.66. The van der Waals surface area contributed by atoms with Crippen LogP contribution in [0.3, 0.4) is 0 Å². The molecule has 0 atom stereocenters. The van der Waals surface area contributed by atoms with Crippen molar-refractivity contribution in [3.8, 4) is 5.75 Å². The molecule has 126 valence electrons. The van der Waals surface area contributed by atoms with Crippen LogP contribution in [0.15, 0.2) is 48.5 Å². The quantitative estimate of drug-likeness (QED) is 0.745. The van der Waals surface area contributed by atoms with Gasteiger partial charge in [-0.25, -0.2) is 0 Å². The Labute approximate surface area is 144 Å². The third kappa shape index (κ3) is 4.45. The topological polar surface area (TPSA) is 29.5 Å². The molecule has 0 spiro atoms. The van der Waals surface area contributed by atoms with Crippen LogP contribution in [0, 0.1) is 6.92 Å². The number of benzene rings is 2. The summed E-state index contributed by atoms with van der Waals surface area (Å²) in [5, 5.41) is 0. The summed E-state index contributed by atoms with van der Waals surface area (Å²) in [7, 11) is 0. The number of hydrogen-bond donors (Lipinski definition) is 0. The maximum atomic E-state index is 12.8. The summed E-state index contributed by atoms with van der Waals surface area (Å²) in [6.45, 7) is 5.03. The SMILES string of the molecule is Cc1ccc(OCc2ccccc2)c(C(=O)CN2CCCCC2)c1. The van der Waals surface area contributed by atoms with Crippen LogP contribution in [0.2, 0.25) is 0 Å². The van der Waals surface area contributed by atoms with Crippen molar-refractivity contribution in [3.63, 3.8) is 0 Å². The van der Waals surface area contributed by atoms with Crippen molar-refractivity contribution in [2.75, 3.05) is 19.6 Å². The first kappa shape index (κ1) is 16.7. The summed E-state index contributed by atoms with van der Waals surface area (Å²) in [6, 6.07) is 15.9. The first-order valence-electron chi connectivity index (χ1n) is 8.75. The molecule has 0 aromatic heterocycles. The molecule has 3 heteroatoms. The van der Waals surface area contributed by atoms with Crippen molar-refractivity contribution >= 4 is 5.78 Å². The van der Waals surface area contributed by atoms with Gasteiger partial charge in [-0.1, -0.05) is 48.4 Å². The minimum absolute atomic E-state index is 0.156. The number of hydrogen-bond acceptors (Lipinski definition) is 3. The molecule has 0 bridgehead atoms. The Balaban J connectivity index is 1.71. The summed E-state index contributed by atoms with van der Waals surface area (Å²) in [5.41, 5.74) is 2.90. The van der Waals surface area contributed by atoms with Gasteiger partial charge in [-0.05, 0) is 50.6 Å². The van der Waals surface area contributed by atoms with E-state index >= 15 is 0 Å². The van der Waals surface area contributed by atoms with Gasteiger partial charge in [-0.3, -0.25) is 9.69 Å². The first-order valence-corrected chi connectivity index (χ1v) is 8.75. The molecule has 1 aliphatic rings. The number of ether oxygens (including phenoxy) is 1. The molecule has 2 aromatic rings. The largest absolute Gasteiger partial charge is 0.488 e. The summed E-state index contributed by atoms with van der Waals surface area (Å²) < 4.78 is 5.95. The molecule has 1 fully saturated rings. The fourth-order valence-corrected chi connectivity index (χ4v) is 3.13. The van der Waals surface area contributed by atoms with Gasteiger partial charge in [0.15, 0.2) is 5.78 Å². The Morgan fingerprint density at radius 1 is 1.04 bits per heavy atom. The monoisotopic (exact) mass is 323 g/mol. The number of nitrogens with zero attached hydrogens (tertiary/aromatic N) is 1. The minimum atomic E-state index is 0.156. The van der Waals surface area contributed by atoms with Gasteiger partial charge in [0.1, 0.15) is 12.4 Å². The molecule has 0 saturated carbocycles. The number of ketones is 1. The summed E-state index contributed by atoms with van der Waals surface area (Å²) in [4.78, 5) is 15.0. The van der Waals surface area contributed by atoms with Crippen LogP contribution in [0.25, 0.3) is 0 Å². The number of aryl methyl sites for hydroxylation is 1. The zero-order valence-electron chi connectivity index (χ0n) is 14.3. The van der Waals surface area contributed by atoms with Crippen LogP contribution < -0.4 is 4.74 Å². The van der Waals surface area contributed by atoms with Crippen molar-refractivity contribution in [1.82, 2.24) is 4.90 Å². The van der Waals surface area contributed by atoms with E-state index in [0.717, 1.165) is 24.2 Å². The van der Waals surface area contributed by atoms with Crippen LogP contribution in [-0.4, -0.2) is 30.3 Å². The molecule has 0 unspecified atom stereocenters. The van der Waals surface area contributed by atoms with Crippen LogP contribution in [0.1, 0.15) is 40.7 Å². The standard InChI is InChI=1S/C21H25NO2/c1-17-10-11-21(24-16-18-8-4-2-5-9-18)19(14-17)20(23)15-22-12-6-3-7-13-22/h2,4-5,8-11,14H,3,6-7,12-13,15-16H2,1H3. The van der Waals surface area contributed by atoms with Crippen LogP contribution >= 0.6 is 0 Å². The van der Waals surface area contributed by atoms with E-state index in [4.69, 9.17) is 4.74 Å². The smallest absolute Gasteiger partial charge is 0.180 e. The Kier molecular flexibility index (Phi) is 5.65. The number of carbonyl (C=O) groups is 1. The lowest BCUT2D eigenvalue weighted by Crippen LogP contribution is -2.34. The van der Waals surface area contributed by atoms with Gasteiger partial charge in [0.25, 0.3) is 0 Å². The molecule has 2 aromatic carbocycles. The molecule has 0 amide bonds. The normalized spacial score (nSPS) is 15.2. The molecule has 3 rings (SSSR count). The minimum Gasteiger partial charge on any atom is -0.488 e. The zero-order valence-corrected chi connectivity index (χ0v) is 14.3. The molecule has 0 radical (unpaired) electrons. The second kappa shape index (κ2) is 8.11. The maximum Gasteiger partial charge on any atom is 0.180 e. The highest BCUT2D eigenvalue weighted by Crippen LogP contribution is 2.23. The predicted octanol–water partition coefficient (Wildman–Crippen LogP) is 4.24. The number of likely N-dealkylation sites (tertiary alicyclic amines) is 1. The van der Waals surface area contributed by atoms with Gasteiger partial charge >= 0.3 is 0 Å². The molecular formula is C21H25NO2. The molecule has 3 nitrogen and oxygen atoms in total. The predicted molar refractivity (Wildman–Crippen MR) is 96.6 cm³/mol. The third-order valence-electron chi connectivity index (χ3n) is 4.49. The first-order chi connectivity index (χ1) is 11.7. The lowest BCUT2D eigenvalue weighted by atomic mass is 10.0. The van der Waals surface area contributed by atoms with E-state index in [1.807, 2.05) is 55.5 Å². The van der Waals surface area contributed by atoms with E-state index in [9.17, 15) is 4.79 Å². The highest BCUT2D eigenvalue weighted by Gasteiger charge is 2.18. The lowest BCUT2D eigenvalue weighted by molar-refractivity contribution is 0.0911. The van der Waals surface area contributed by atoms with E-state index in [-0.39, 0.29) is 5.78 Å². The molecule has 0 N–H and O–H groups in total. The van der Waals surface area contributed by atoms with Crippen LogP contribution in [-0.2, 0) is 6.61 Å². The van der Waals surface area contributed by atoms with Gasteiger partial charge in [-0.2, -0.15) is 0 Å². The molecular weight excluding hydrogens is 298 g/mol. The maximum absolute atomic E-state index is 12.8. The Morgan fingerprint density at radius 3 is 2.54 bits per heavy atom. The van der Waals surface area contributed by atoms with Crippen molar-refractivity contribution < 1.29 is 9.53 Å². The second-order valence-corrected chi connectivity index (χ2v) is 6.53. The van der Waals surface area contributed by atoms with Gasteiger partial charge < -0.3 is 4.74 Å². The zero-order chi connectivity index (χ0) is 16.8. The second-order valence-electron chi connectivity index (χ2n) is 6.53. The molecule has 24 heavy (non-hydrogen) atoms. The van der Waals surface area contributed by atoms with Crippen molar-refractivity contribution in [2.45, 2.75) is 32.8 Å². The van der Waals surface area contributed by atoms with Crippen LogP contribution in [0.5, 0.6) is 5.75 Å². The van der Waals surface area contributed by atoms with Gasteiger partial charge in [0, 0.05) is 0 Å². The number of rotatable bonds is 6. The lowest BCUT2D eigenvalue weighted by Gasteiger charge is -2.25. The molecule has 0 aliphatic carbocycles. The van der Waals surface area contributed by atoms with E-state index < -0.39 is 0 Å². The fraction of sp³-hybridized carbons (Fsp3) is 0.381. The summed E-state index contributed by atoms with van der Waals surface area (Å²) >= 11 is 0. The molecule has 1 heterocycles. The Bertz CT molecular complexity index is 675. The van der Waals surface area contributed by atoms with Crippen molar-refractivity contribution in [3.05, 3.63) is 65.2 Å². The molecule has 1 aliphatic heterocycles. The van der Waals surface area contributed by atoms with Crippen molar-refractivity contribution in [2.24, 2.45) is 0 Å². The van der Waals surface area contributed by atoms with Crippen LogP contribution in [0.4, 0.5) is 0 Å². The Hall–Kier alpha value is -2.13.